The highest BCUT2D eigenvalue weighted by Gasteiger charge is 2.15. The van der Waals surface area contributed by atoms with E-state index in [1.165, 1.54) is 0 Å². The van der Waals surface area contributed by atoms with Crippen molar-refractivity contribution in [2.45, 2.75) is 25.9 Å². The van der Waals surface area contributed by atoms with Crippen molar-refractivity contribution >= 4 is 11.4 Å². The van der Waals surface area contributed by atoms with Crippen molar-refractivity contribution in [3.8, 4) is 6.07 Å². The maximum absolute atomic E-state index is 11.0. The molecular formula is C13H18N4O2. The molecule has 0 amide bonds. The first-order valence-electron chi connectivity index (χ1n) is 6.01. The Morgan fingerprint density at radius 1 is 1.58 bits per heavy atom. The quantitative estimate of drug-likeness (QED) is 0.628. The first-order chi connectivity index (χ1) is 8.99. The summed E-state index contributed by atoms with van der Waals surface area (Å²) in [4.78, 5) is 12.6. The molecular weight excluding hydrogens is 244 g/mol. The van der Waals surface area contributed by atoms with Gasteiger partial charge < -0.3 is 5.32 Å². The normalized spacial score (nSPS) is 11.9. The minimum atomic E-state index is -0.395. The molecule has 0 saturated heterocycles. The molecule has 0 fully saturated rings. The molecule has 1 N–H and O–H groups in total. The van der Waals surface area contributed by atoms with E-state index in [-0.39, 0.29) is 11.7 Å². The molecule has 0 saturated carbocycles. The summed E-state index contributed by atoms with van der Waals surface area (Å²) in [6.07, 6.45) is 0.438. The number of hydrogen-bond donors (Lipinski definition) is 1. The highest BCUT2D eigenvalue weighted by atomic mass is 16.6. The Labute approximate surface area is 112 Å². The topological polar surface area (TPSA) is 82.2 Å². The third-order valence-corrected chi connectivity index (χ3v) is 3.10. The van der Waals surface area contributed by atoms with Crippen molar-refractivity contribution in [3.63, 3.8) is 0 Å². The zero-order valence-corrected chi connectivity index (χ0v) is 11.4. The van der Waals surface area contributed by atoms with Gasteiger partial charge in [-0.05, 0) is 25.6 Å². The average molecular weight is 262 g/mol. The van der Waals surface area contributed by atoms with Gasteiger partial charge in [-0.2, -0.15) is 5.26 Å². The molecule has 6 nitrogen and oxygen atoms in total. The zero-order chi connectivity index (χ0) is 14.4. The molecule has 0 aliphatic heterocycles. The number of anilines is 1. The molecule has 0 aliphatic rings. The Bertz CT molecular complexity index is 496. The van der Waals surface area contributed by atoms with E-state index in [1.54, 1.807) is 19.2 Å². The fourth-order valence-corrected chi connectivity index (χ4v) is 1.77. The number of nitrogens with one attached hydrogen (secondary N) is 1. The van der Waals surface area contributed by atoms with E-state index in [2.05, 4.69) is 11.4 Å². The van der Waals surface area contributed by atoms with E-state index in [0.29, 0.717) is 18.7 Å². The summed E-state index contributed by atoms with van der Waals surface area (Å²) >= 11 is 0. The van der Waals surface area contributed by atoms with Crippen molar-refractivity contribution in [2.75, 3.05) is 19.4 Å². The van der Waals surface area contributed by atoms with Crippen LogP contribution >= 0.6 is 0 Å². The van der Waals surface area contributed by atoms with Crippen LogP contribution in [0, 0.1) is 21.4 Å². The van der Waals surface area contributed by atoms with E-state index in [9.17, 15) is 10.1 Å². The fraction of sp³-hybridized carbons (Fsp3) is 0.462. The lowest BCUT2D eigenvalue weighted by Crippen LogP contribution is -2.28. The number of nitro groups is 1. The smallest absolute Gasteiger partial charge is 0.292 e. The maximum atomic E-state index is 11.0. The lowest BCUT2D eigenvalue weighted by molar-refractivity contribution is -0.384. The van der Waals surface area contributed by atoms with Crippen LogP contribution < -0.4 is 5.32 Å². The second-order valence-corrected chi connectivity index (χ2v) is 4.48. The Morgan fingerprint density at radius 2 is 2.26 bits per heavy atom. The summed E-state index contributed by atoms with van der Waals surface area (Å²) in [5, 5.41) is 22.4. The number of nitro benzene ring substituents is 1. The van der Waals surface area contributed by atoms with Gasteiger partial charge in [0.1, 0.15) is 5.69 Å². The Morgan fingerprint density at radius 3 is 2.79 bits per heavy atom. The first kappa shape index (κ1) is 14.9. The van der Waals surface area contributed by atoms with Gasteiger partial charge in [0.25, 0.3) is 5.69 Å². The van der Waals surface area contributed by atoms with Crippen molar-refractivity contribution in [3.05, 3.63) is 33.9 Å². The summed E-state index contributed by atoms with van der Waals surface area (Å²) in [7, 11) is 3.56. The predicted molar refractivity (Wildman–Crippen MR) is 73.8 cm³/mol. The minimum absolute atomic E-state index is 0.0707. The van der Waals surface area contributed by atoms with Gasteiger partial charge in [-0.3, -0.25) is 15.0 Å². The lowest BCUT2D eigenvalue weighted by Gasteiger charge is -2.22. The van der Waals surface area contributed by atoms with Crippen molar-refractivity contribution in [2.24, 2.45) is 0 Å². The molecule has 0 heterocycles. The SMILES string of the molecule is CNc1ccc(CN(C)C(C)CC#N)cc1[N+](=O)[O-]. The predicted octanol–water partition coefficient (Wildman–Crippen LogP) is 2.37. The van der Waals surface area contributed by atoms with Crippen molar-refractivity contribution in [1.82, 2.24) is 4.90 Å². The van der Waals surface area contributed by atoms with Gasteiger partial charge in [0.2, 0.25) is 0 Å². The van der Waals surface area contributed by atoms with Crippen LogP contribution in [0.2, 0.25) is 0 Å². The number of hydrogen-bond acceptors (Lipinski definition) is 5. The van der Waals surface area contributed by atoms with Crippen LogP contribution in [0.25, 0.3) is 0 Å². The van der Waals surface area contributed by atoms with Crippen LogP contribution in [0.4, 0.5) is 11.4 Å². The molecule has 0 radical (unpaired) electrons. The molecule has 102 valence electrons. The largest absolute Gasteiger partial charge is 0.383 e. The van der Waals surface area contributed by atoms with E-state index in [0.717, 1.165) is 5.56 Å². The van der Waals surface area contributed by atoms with Gasteiger partial charge in [0, 0.05) is 25.7 Å². The number of rotatable bonds is 6. The fourth-order valence-electron chi connectivity index (χ4n) is 1.77. The monoisotopic (exact) mass is 262 g/mol. The Hall–Kier alpha value is -2.13. The van der Waals surface area contributed by atoms with Crippen LogP contribution in [-0.2, 0) is 6.54 Å². The summed E-state index contributed by atoms with van der Waals surface area (Å²) in [5.41, 5.74) is 1.43. The van der Waals surface area contributed by atoms with Crippen LogP contribution in [0.1, 0.15) is 18.9 Å². The Kier molecular flexibility index (Phi) is 5.27. The molecule has 0 aromatic heterocycles. The molecule has 1 aromatic carbocycles. The number of benzene rings is 1. The van der Waals surface area contributed by atoms with E-state index >= 15 is 0 Å². The van der Waals surface area contributed by atoms with E-state index in [1.807, 2.05) is 24.9 Å². The van der Waals surface area contributed by atoms with Crippen molar-refractivity contribution in [1.29, 1.82) is 5.26 Å². The van der Waals surface area contributed by atoms with Crippen LogP contribution in [0.15, 0.2) is 18.2 Å². The third-order valence-electron chi connectivity index (χ3n) is 3.10. The van der Waals surface area contributed by atoms with Crippen LogP contribution in [-0.4, -0.2) is 30.0 Å². The van der Waals surface area contributed by atoms with Gasteiger partial charge in [-0.15, -0.1) is 0 Å². The molecule has 6 heteroatoms. The van der Waals surface area contributed by atoms with Crippen LogP contribution in [0.3, 0.4) is 0 Å². The van der Waals surface area contributed by atoms with Gasteiger partial charge in [-0.25, -0.2) is 0 Å². The van der Waals surface area contributed by atoms with Gasteiger partial charge in [-0.1, -0.05) is 6.07 Å². The second-order valence-electron chi connectivity index (χ2n) is 4.48. The molecule has 0 bridgehead atoms. The highest BCUT2D eigenvalue weighted by Crippen LogP contribution is 2.25. The van der Waals surface area contributed by atoms with Crippen LogP contribution in [0.5, 0.6) is 0 Å². The molecule has 1 aromatic rings. The second kappa shape index (κ2) is 6.71. The third kappa shape index (κ3) is 3.93. The van der Waals surface area contributed by atoms with Gasteiger partial charge in [0.15, 0.2) is 0 Å². The molecule has 1 rings (SSSR count). The molecule has 1 unspecified atom stereocenters. The summed E-state index contributed by atoms with van der Waals surface area (Å²) < 4.78 is 0. The lowest BCUT2D eigenvalue weighted by atomic mass is 10.1. The highest BCUT2D eigenvalue weighted by molar-refractivity contribution is 5.62. The number of nitriles is 1. The summed E-state index contributed by atoms with van der Waals surface area (Å²) in [6, 6.07) is 7.37. The van der Waals surface area contributed by atoms with E-state index < -0.39 is 4.92 Å². The molecule has 0 aliphatic carbocycles. The summed E-state index contributed by atoms with van der Waals surface area (Å²) in [5.74, 6) is 0. The minimum Gasteiger partial charge on any atom is -0.383 e. The molecule has 1 atom stereocenters. The number of nitrogens with zero attached hydrogens (tertiary/aromatic N) is 3. The van der Waals surface area contributed by atoms with Gasteiger partial charge >= 0.3 is 0 Å². The van der Waals surface area contributed by atoms with E-state index in [4.69, 9.17) is 5.26 Å². The summed E-state index contributed by atoms with van der Waals surface area (Å²) in [6.45, 7) is 2.54. The molecule has 0 spiro atoms. The van der Waals surface area contributed by atoms with Gasteiger partial charge in [0.05, 0.1) is 17.4 Å². The molecule has 19 heavy (non-hydrogen) atoms. The standard InChI is InChI=1S/C13H18N4O2/c1-10(6-7-14)16(3)9-11-4-5-12(15-2)13(8-11)17(18)19/h4-5,8,10,15H,6,9H2,1-3H3. The van der Waals surface area contributed by atoms with Crippen molar-refractivity contribution < 1.29 is 4.92 Å². The Balaban J connectivity index is 2.88. The zero-order valence-electron chi connectivity index (χ0n) is 11.4. The first-order valence-corrected chi connectivity index (χ1v) is 6.01. The maximum Gasteiger partial charge on any atom is 0.292 e. The average Bonchev–Trinajstić information content (AvgIpc) is 2.38.